The molecule has 17 heavy (non-hydrogen) atoms. The first-order chi connectivity index (χ1) is 8.03. The Kier molecular flexibility index (Phi) is 1.74. The van der Waals surface area contributed by atoms with Crippen LogP contribution >= 0.6 is 0 Å². The first kappa shape index (κ1) is 10.3. The Labute approximate surface area is 101 Å². The van der Waals surface area contributed by atoms with Crippen molar-refractivity contribution in [1.29, 1.82) is 0 Å². The van der Waals surface area contributed by atoms with Crippen LogP contribution in [0.15, 0.2) is 0 Å². The minimum atomic E-state index is -0.461. The van der Waals surface area contributed by atoms with Gasteiger partial charge in [-0.05, 0) is 30.6 Å². The Morgan fingerprint density at radius 1 is 1.53 bits per heavy atom. The molecule has 4 nitrogen and oxygen atoms in total. The van der Waals surface area contributed by atoms with Gasteiger partial charge in [0.15, 0.2) is 0 Å². The van der Waals surface area contributed by atoms with Crippen molar-refractivity contribution in [2.45, 2.75) is 44.6 Å². The minimum Gasteiger partial charge on any atom is -0.390 e. The van der Waals surface area contributed by atoms with E-state index in [1.165, 1.54) is 0 Å². The third-order valence-corrected chi connectivity index (χ3v) is 5.28. The SMILES string of the molecule is CC(C)CC12NC(=O)C3C4CC(C(O1)C4O)C32. The van der Waals surface area contributed by atoms with Gasteiger partial charge in [-0.2, -0.15) is 0 Å². The Hall–Kier alpha value is -0.610. The van der Waals surface area contributed by atoms with E-state index >= 15 is 0 Å². The molecule has 0 aromatic carbocycles. The molecule has 0 aromatic heterocycles. The molecule has 2 heterocycles. The fourth-order valence-corrected chi connectivity index (χ4v) is 5.05. The highest BCUT2D eigenvalue weighted by atomic mass is 16.5. The molecular formula is C13H19NO3. The molecule has 2 saturated carbocycles. The summed E-state index contributed by atoms with van der Waals surface area (Å²) in [7, 11) is 0. The highest BCUT2D eigenvalue weighted by Gasteiger charge is 2.75. The summed E-state index contributed by atoms with van der Waals surface area (Å²) >= 11 is 0. The molecule has 94 valence electrons. The van der Waals surface area contributed by atoms with Crippen LogP contribution in [0.25, 0.3) is 0 Å². The quantitative estimate of drug-likeness (QED) is 0.735. The van der Waals surface area contributed by atoms with Crippen LogP contribution in [0, 0.1) is 29.6 Å². The zero-order chi connectivity index (χ0) is 11.9. The van der Waals surface area contributed by atoms with Crippen LogP contribution in [0.5, 0.6) is 0 Å². The molecule has 2 aliphatic heterocycles. The van der Waals surface area contributed by atoms with Crippen molar-refractivity contribution in [3.63, 3.8) is 0 Å². The second-order valence-corrected chi connectivity index (χ2v) is 6.66. The first-order valence-corrected chi connectivity index (χ1v) is 6.71. The Balaban J connectivity index is 1.78. The lowest BCUT2D eigenvalue weighted by atomic mass is 9.75. The van der Waals surface area contributed by atoms with E-state index in [9.17, 15) is 9.90 Å². The van der Waals surface area contributed by atoms with Crippen molar-refractivity contribution in [3.8, 4) is 0 Å². The van der Waals surface area contributed by atoms with Crippen molar-refractivity contribution in [1.82, 2.24) is 5.32 Å². The monoisotopic (exact) mass is 237 g/mol. The van der Waals surface area contributed by atoms with Crippen LogP contribution in [0.2, 0.25) is 0 Å². The Morgan fingerprint density at radius 3 is 3.00 bits per heavy atom. The molecule has 0 aromatic rings. The maximum Gasteiger partial charge on any atom is 0.226 e. The highest BCUT2D eigenvalue weighted by Crippen LogP contribution is 2.65. The fourth-order valence-electron chi connectivity index (χ4n) is 5.05. The summed E-state index contributed by atoms with van der Waals surface area (Å²) in [5.41, 5.74) is -0.461. The van der Waals surface area contributed by atoms with Crippen LogP contribution in [0.3, 0.4) is 0 Å². The van der Waals surface area contributed by atoms with E-state index in [1.807, 2.05) is 0 Å². The smallest absolute Gasteiger partial charge is 0.226 e. The number of carbonyl (C=O) groups is 1. The number of rotatable bonds is 2. The van der Waals surface area contributed by atoms with E-state index in [2.05, 4.69) is 19.2 Å². The molecule has 0 radical (unpaired) electrons. The average molecular weight is 237 g/mol. The molecule has 2 aliphatic carbocycles. The molecule has 0 spiro atoms. The van der Waals surface area contributed by atoms with Gasteiger partial charge in [-0.1, -0.05) is 13.8 Å². The lowest BCUT2D eigenvalue weighted by Gasteiger charge is -2.31. The van der Waals surface area contributed by atoms with E-state index in [0.29, 0.717) is 17.8 Å². The van der Waals surface area contributed by atoms with Crippen molar-refractivity contribution in [2.75, 3.05) is 0 Å². The Morgan fingerprint density at radius 2 is 2.29 bits per heavy atom. The molecule has 4 fully saturated rings. The van der Waals surface area contributed by atoms with Gasteiger partial charge in [0.25, 0.3) is 0 Å². The van der Waals surface area contributed by atoms with Gasteiger partial charge in [-0.15, -0.1) is 0 Å². The Bertz CT molecular complexity index is 396. The van der Waals surface area contributed by atoms with Crippen LogP contribution in [0.1, 0.15) is 26.7 Å². The molecule has 7 unspecified atom stereocenters. The predicted octanol–water partition coefficient (Wildman–Crippen LogP) is 0.500. The van der Waals surface area contributed by atoms with Gasteiger partial charge in [0.1, 0.15) is 5.72 Å². The predicted molar refractivity (Wildman–Crippen MR) is 59.8 cm³/mol. The molecule has 1 amide bonds. The van der Waals surface area contributed by atoms with E-state index in [1.54, 1.807) is 0 Å². The molecule has 4 aliphatic rings. The number of amides is 1. The molecule has 4 heteroatoms. The van der Waals surface area contributed by atoms with Gasteiger partial charge in [0.05, 0.1) is 18.1 Å². The van der Waals surface area contributed by atoms with Crippen LogP contribution in [0.4, 0.5) is 0 Å². The molecule has 2 bridgehead atoms. The number of aliphatic hydroxyl groups is 1. The largest absolute Gasteiger partial charge is 0.390 e. The summed E-state index contributed by atoms with van der Waals surface area (Å²) in [6.45, 7) is 4.31. The van der Waals surface area contributed by atoms with Crippen molar-refractivity contribution < 1.29 is 14.6 Å². The van der Waals surface area contributed by atoms with Crippen LogP contribution in [-0.2, 0) is 9.53 Å². The lowest BCUT2D eigenvalue weighted by molar-refractivity contribution is -0.141. The second-order valence-electron chi connectivity index (χ2n) is 6.66. The molecule has 2 saturated heterocycles. The van der Waals surface area contributed by atoms with Crippen molar-refractivity contribution in [2.24, 2.45) is 29.6 Å². The van der Waals surface area contributed by atoms with Crippen LogP contribution in [-0.4, -0.2) is 28.9 Å². The van der Waals surface area contributed by atoms with Crippen molar-refractivity contribution in [3.05, 3.63) is 0 Å². The van der Waals surface area contributed by atoms with E-state index in [-0.39, 0.29) is 23.8 Å². The van der Waals surface area contributed by atoms with E-state index < -0.39 is 11.8 Å². The molecule has 4 rings (SSSR count). The molecular weight excluding hydrogens is 218 g/mol. The summed E-state index contributed by atoms with van der Waals surface area (Å²) in [5.74, 6) is 1.47. The number of carbonyl (C=O) groups excluding carboxylic acids is 1. The number of nitrogens with one attached hydrogen (secondary N) is 1. The third kappa shape index (κ3) is 1.01. The first-order valence-electron chi connectivity index (χ1n) is 6.71. The number of fused-ring (bicyclic) bond motifs is 2. The third-order valence-electron chi connectivity index (χ3n) is 5.28. The molecule has 2 N–H and O–H groups in total. The number of ether oxygens (including phenoxy) is 1. The summed E-state index contributed by atoms with van der Waals surface area (Å²) in [6.07, 6.45) is 1.41. The normalized spacial score (nSPS) is 58.2. The van der Waals surface area contributed by atoms with E-state index in [4.69, 9.17) is 4.74 Å². The standard InChI is InChI=1S/C13H19NO3/c1-5(2)4-13-9-7-3-6(8(9)12(16)14-13)10(15)11(7)17-13/h5-11,15H,3-4H2,1-2H3,(H,14,16). The summed E-state index contributed by atoms with van der Waals surface area (Å²) in [6, 6.07) is 0. The number of hydrogen-bond acceptors (Lipinski definition) is 3. The van der Waals surface area contributed by atoms with Gasteiger partial charge in [-0.3, -0.25) is 4.79 Å². The van der Waals surface area contributed by atoms with Gasteiger partial charge in [0.2, 0.25) is 5.91 Å². The van der Waals surface area contributed by atoms with Crippen LogP contribution < -0.4 is 5.32 Å². The summed E-state index contributed by atoms with van der Waals surface area (Å²) in [4.78, 5) is 12.1. The van der Waals surface area contributed by atoms with Gasteiger partial charge in [-0.25, -0.2) is 0 Å². The second kappa shape index (κ2) is 2.86. The fraction of sp³-hybridized carbons (Fsp3) is 0.923. The van der Waals surface area contributed by atoms with Gasteiger partial charge >= 0.3 is 0 Å². The summed E-state index contributed by atoms with van der Waals surface area (Å²) in [5, 5.41) is 13.3. The topological polar surface area (TPSA) is 58.6 Å². The highest BCUT2D eigenvalue weighted by molar-refractivity contribution is 5.84. The van der Waals surface area contributed by atoms with Gasteiger partial charge in [0, 0.05) is 5.92 Å². The summed E-state index contributed by atoms with van der Waals surface area (Å²) < 4.78 is 6.13. The maximum atomic E-state index is 12.1. The van der Waals surface area contributed by atoms with Gasteiger partial charge < -0.3 is 15.2 Å². The maximum absolute atomic E-state index is 12.1. The minimum absolute atomic E-state index is 0.00694. The number of hydrogen-bond donors (Lipinski definition) is 2. The zero-order valence-corrected chi connectivity index (χ0v) is 10.2. The lowest BCUT2D eigenvalue weighted by Crippen LogP contribution is -2.48. The van der Waals surface area contributed by atoms with Crippen molar-refractivity contribution >= 4 is 5.91 Å². The molecule has 7 atom stereocenters. The van der Waals surface area contributed by atoms with E-state index in [0.717, 1.165) is 12.8 Å². The zero-order valence-electron chi connectivity index (χ0n) is 10.2. The number of aliphatic hydroxyl groups excluding tert-OH is 1. The average Bonchev–Trinajstić information content (AvgIpc) is 2.84.